The van der Waals surface area contributed by atoms with Gasteiger partial charge in [0, 0.05) is 36.8 Å². The maximum absolute atomic E-state index is 5.82. The smallest absolute Gasteiger partial charge is 0.0420 e. The van der Waals surface area contributed by atoms with Crippen molar-refractivity contribution in [2.24, 2.45) is 11.7 Å². The molecule has 100 valence electrons. The number of nitrogens with two attached hydrogens (primary N) is 1. The molecule has 0 saturated carbocycles. The second kappa shape index (κ2) is 6.04. The Bertz CT molecular complexity index is 408. The van der Waals surface area contributed by atoms with Gasteiger partial charge in [-0.1, -0.05) is 22.0 Å². The van der Waals surface area contributed by atoms with Crippen LogP contribution in [0.5, 0.6) is 0 Å². The molecule has 0 aliphatic carbocycles. The fourth-order valence-electron chi connectivity index (χ4n) is 2.73. The van der Waals surface area contributed by atoms with E-state index in [1.807, 2.05) is 0 Å². The summed E-state index contributed by atoms with van der Waals surface area (Å²) in [7, 11) is 4.36. The fourth-order valence-corrected chi connectivity index (χ4v) is 3.07. The molecule has 4 heteroatoms. The van der Waals surface area contributed by atoms with Crippen molar-refractivity contribution in [3.8, 4) is 0 Å². The molecule has 1 fully saturated rings. The minimum absolute atomic E-state index is 0.595. The summed E-state index contributed by atoms with van der Waals surface area (Å²) in [5, 5.41) is 0. The molecule has 1 unspecified atom stereocenters. The molecule has 1 aromatic carbocycles. The highest BCUT2D eigenvalue weighted by atomic mass is 79.9. The Hall–Kier alpha value is -0.580. The number of likely N-dealkylation sites (tertiary alicyclic amines) is 1. The highest BCUT2D eigenvalue weighted by molar-refractivity contribution is 9.10. The molecule has 1 aliphatic rings. The fraction of sp³-hybridized carbons (Fsp3) is 0.571. The monoisotopic (exact) mass is 311 g/mol. The highest BCUT2D eigenvalue weighted by Crippen LogP contribution is 2.26. The van der Waals surface area contributed by atoms with Crippen LogP contribution in [0.25, 0.3) is 0 Å². The van der Waals surface area contributed by atoms with E-state index in [4.69, 9.17) is 5.73 Å². The van der Waals surface area contributed by atoms with Gasteiger partial charge >= 0.3 is 0 Å². The summed E-state index contributed by atoms with van der Waals surface area (Å²) in [6, 6.07) is 6.33. The first-order valence-corrected chi connectivity index (χ1v) is 7.27. The van der Waals surface area contributed by atoms with Crippen LogP contribution in [0.4, 0.5) is 5.69 Å². The first-order valence-electron chi connectivity index (χ1n) is 6.48. The lowest BCUT2D eigenvalue weighted by atomic mass is 10.1. The molecule has 0 spiro atoms. The molecule has 1 aromatic rings. The molecule has 2 N–H and O–H groups in total. The van der Waals surface area contributed by atoms with Gasteiger partial charge in [-0.05, 0) is 43.6 Å². The van der Waals surface area contributed by atoms with Crippen LogP contribution in [-0.4, -0.2) is 38.6 Å². The second-order valence-electron chi connectivity index (χ2n) is 5.27. The predicted molar refractivity (Wildman–Crippen MR) is 80.9 cm³/mol. The normalized spacial score (nSPS) is 20.3. The molecule has 18 heavy (non-hydrogen) atoms. The average Bonchev–Trinajstić information content (AvgIpc) is 2.74. The van der Waals surface area contributed by atoms with Crippen LogP contribution < -0.4 is 10.6 Å². The summed E-state index contributed by atoms with van der Waals surface area (Å²) in [6.07, 6.45) is 1.30. The molecule has 1 atom stereocenters. The van der Waals surface area contributed by atoms with Crippen molar-refractivity contribution < 1.29 is 0 Å². The second-order valence-corrected chi connectivity index (χ2v) is 6.19. The quantitative estimate of drug-likeness (QED) is 0.926. The number of rotatable bonds is 4. The number of hydrogen-bond acceptors (Lipinski definition) is 3. The molecule has 1 aliphatic heterocycles. The Morgan fingerprint density at radius 1 is 1.50 bits per heavy atom. The van der Waals surface area contributed by atoms with E-state index in [0.717, 1.165) is 16.9 Å². The Kier molecular flexibility index (Phi) is 4.65. The van der Waals surface area contributed by atoms with Crippen molar-refractivity contribution in [3.63, 3.8) is 0 Å². The van der Waals surface area contributed by atoms with E-state index in [0.29, 0.717) is 6.54 Å². The standard InChI is InChI=1S/C14H22BrN3/c1-17-6-5-11(9-17)10-18(2)14-7-13(15)4-3-12(14)8-16/h3-4,7,11H,5-6,8-10,16H2,1-2H3. The molecule has 0 aromatic heterocycles. The zero-order valence-corrected chi connectivity index (χ0v) is 12.8. The van der Waals surface area contributed by atoms with Gasteiger partial charge in [0.25, 0.3) is 0 Å². The molecular formula is C14H22BrN3. The van der Waals surface area contributed by atoms with Crippen molar-refractivity contribution in [1.29, 1.82) is 0 Å². The lowest BCUT2D eigenvalue weighted by molar-refractivity contribution is 0.396. The van der Waals surface area contributed by atoms with E-state index >= 15 is 0 Å². The lowest BCUT2D eigenvalue weighted by Gasteiger charge is -2.25. The first kappa shape index (κ1) is 13.8. The summed E-state index contributed by atoms with van der Waals surface area (Å²) in [4.78, 5) is 4.75. The van der Waals surface area contributed by atoms with Crippen LogP contribution in [0.1, 0.15) is 12.0 Å². The third-order valence-corrected chi connectivity index (χ3v) is 4.19. The average molecular weight is 312 g/mol. The Morgan fingerprint density at radius 3 is 2.89 bits per heavy atom. The first-order chi connectivity index (χ1) is 8.60. The van der Waals surface area contributed by atoms with Gasteiger partial charge < -0.3 is 15.5 Å². The van der Waals surface area contributed by atoms with Gasteiger partial charge in [-0.15, -0.1) is 0 Å². The number of nitrogens with zero attached hydrogens (tertiary/aromatic N) is 2. The summed E-state index contributed by atoms with van der Waals surface area (Å²) < 4.78 is 1.12. The molecule has 2 rings (SSSR count). The van der Waals surface area contributed by atoms with Crippen LogP contribution in [0.15, 0.2) is 22.7 Å². The van der Waals surface area contributed by atoms with E-state index in [-0.39, 0.29) is 0 Å². The maximum Gasteiger partial charge on any atom is 0.0420 e. The van der Waals surface area contributed by atoms with Crippen LogP contribution in [-0.2, 0) is 6.54 Å². The van der Waals surface area contributed by atoms with Crippen molar-refractivity contribution in [2.45, 2.75) is 13.0 Å². The molecule has 1 heterocycles. The van der Waals surface area contributed by atoms with Crippen LogP contribution in [0, 0.1) is 5.92 Å². The molecule has 0 bridgehead atoms. The Morgan fingerprint density at radius 2 is 2.28 bits per heavy atom. The van der Waals surface area contributed by atoms with Crippen molar-refractivity contribution in [2.75, 3.05) is 38.6 Å². The van der Waals surface area contributed by atoms with Gasteiger partial charge in [0.1, 0.15) is 0 Å². The molecule has 0 amide bonds. The number of halogens is 1. The SMILES string of the molecule is CN1CCC(CN(C)c2cc(Br)ccc2CN)C1. The van der Waals surface area contributed by atoms with E-state index < -0.39 is 0 Å². The van der Waals surface area contributed by atoms with E-state index in [2.05, 4.69) is 58.0 Å². The van der Waals surface area contributed by atoms with Crippen LogP contribution in [0.2, 0.25) is 0 Å². The van der Waals surface area contributed by atoms with E-state index in [1.54, 1.807) is 0 Å². The number of hydrogen-bond donors (Lipinski definition) is 1. The van der Waals surface area contributed by atoms with Gasteiger partial charge in [-0.2, -0.15) is 0 Å². The van der Waals surface area contributed by atoms with Gasteiger partial charge in [0.2, 0.25) is 0 Å². The topological polar surface area (TPSA) is 32.5 Å². The van der Waals surface area contributed by atoms with Crippen LogP contribution >= 0.6 is 15.9 Å². The zero-order valence-electron chi connectivity index (χ0n) is 11.2. The maximum atomic E-state index is 5.82. The van der Waals surface area contributed by atoms with Crippen molar-refractivity contribution >= 4 is 21.6 Å². The van der Waals surface area contributed by atoms with E-state index in [9.17, 15) is 0 Å². The Labute approximate surface area is 118 Å². The number of anilines is 1. The Balaban J connectivity index is 2.08. The third-order valence-electron chi connectivity index (χ3n) is 3.70. The summed E-state index contributed by atoms with van der Waals surface area (Å²) in [5.41, 5.74) is 8.28. The third kappa shape index (κ3) is 3.25. The van der Waals surface area contributed by atoms with E-state index in [1.165, 1.54) is 30.8 Å². The number of benzene rings is 1. The zero-order chi connectivity index (χ0) is 13.1. The molecule has 0 radical (unpaired) electrons. The minimum atomic E-state index is 0.595. The van der Waals surface area contributed by atoms with Crippen molar-refractivity contribution in [3.05, 3.63) is 28.2 Å². The lowest BCUT2D eigenvalue weighted by Crippen LogP contribution is -2.28. The molecular weight excluding hydrogens is 290 g/mol. The van der Waals surface area contributed by atoms with Gasteiger partial charge in [0.15, 0.2) is 0 Å². The van der Waals surface area contributed by atoms with Gasteiger partial charge in [-0.3, -0.25) is 0 Å². The van der Waals surface area contributed by atoms with Gasteiger partial charge in [-0.25, -0.2) is 0 Å². The predicted octanol–water partition coefficient (Wildman–Crippen LogP) is 2.30. The largest absolute Gasteiger partial charge is 0.374 e. The van der Waals surface area contributed by atoms with Crippen molar-refractivity contribution in [1.82, 2.24) is 4.90 Å². The minimum Gasteiger partial charge on any atom is -0.374 e. The summed E-state index contributed by atoms with van der Waals surface area (Å²) in [5.74, 6) is 0.768. The van der Waals surface area contributed by atoms with Crippen LogP contribution in [0.3, 0.4) is 0 Å². The van der Waals surface area contributed by atoms with Gasteiger partial charge in [0.05, 0.1) is 0 Å². The molecule has 1 saturated heterocycles. The highest BCUT2D eigenvalue weighted by Gasteiger charge is 2.21. The summed E-state index contributed by atoms with van der Waals surface area (Å²) in [6.45, 7) is 4.13. The summed E-state index contributed by atoms with van der Waals surface area (Å²) >= 11 is 3.54. The molecule has 3 nitrogen and oxygen atoms in total.